The highest BCUT2D eigenvalue weighted by molar-refractivity contribution is 7.89. The summed E-state index contributed by atoms with van der Waals surface area (Å²) in [4.78, 5) is -1.40. The van der Waals surface area contributed by atoms with Crippen LogP contribution in [0.2, 0.25) is 0 Å². The van der Waals surface area contributed by atoms with E-state index in [2.05, 4.69) is 5.14 Å². The average molecular weight is 293 g/mol. The molecule has 0 unspecified atom stereocenters. The number of primary sulfonamides is 1. The summed E-state index contributed by atoms with van der Waals surface area (Å²) in [7, 11) is -4.77. The molecule has 0 bridgehead atoms. The Morgan fingerprint density at radius 3 is 1.78 bits per heavy atom. The molecule has 18 heavy (non-hydrogen) atoms. The molecule has 0 radical (unpaired) electrons. The summed E-state index contributed by atoms with van der Waals surface area (Å²) in [5.41, 5.74) is -3.55. The molecular weight excluding hydrogens is 288 g/mol. The predicted molar refractivity (Wildman–Crippen MR) is 47.8 cm³/mol. The summed E-state index contributed by atoms with van der Waals surface area (Å²) >= 11 is 0. The van der Waals surface area contributed by atoms with Crippen LogP contribution in [0.3, 0.4) is 0 Å². The van der Waals surface area contributed by atoms with Gasteiger partial charge in [0, 0.05) is 0 Å². The van der Waals surface area contributed by atoms with Gasteiger partial charge in [-0.2, -0.15) is 26.3 Å². The Morgan fingerprint density at radius 1 is 0.944 bits per heavy atom. The van der Waals surface area contributed by atoms with E-state index < -0.39 is 38.4 Å². The van der Waals surface area contributed by atoms with Crippen LogP contribution in [0.15, 0.2) is 23.1 Å². The summed E-state index contributed by atoms with van der Waals surface area (Å²) in [5, 5.41) is 4.50. The SMILES string of the molecule is NS(=O)(=O)c1ccc(C(F)(F)F)cc1C(F)(F)F. The second-order valence-corrected chi connectivity index (χ2v) is 4.78. The zero-order valence-corrected chi connectivity index (χ0v) is 9.12. The van der Waals surface area contributed by atoms with E-state index in [0.717, 1.165) is 0 Å². The first-order valence-corrected chi connectivity index (χ1v) is 5.69. The standard InChI is InChI=1S/C8H5F6NO2S/c9-7(10,11)4-1-2-6(18(15,16)17)5(3-4)8(12,13)14/h1-3H,(H2,15,16,17). The van der Waals surface area contributed by atoms with Crippen molar-refractivity contribution < 1.29 is 34.8 Å². The average Bonchev–Trinajstić information content (AvgIpc) is 2.12. The van der Waals surface area contributed by atoms with Crippen molar-refractivity contribution in [3.63, 3.8) is 0 Å². The van der Waals surface area contributed by atoms with Gasteiger partial charge < -0.3 is 0 Å². The molecule has 3 nitrogen and oxygen atoms in total. The van der Waals surface area contributed by atoms with Crippen LogP contribution >= 0.6 is 0 Å². The Bertz CT molecular complexity index is 560. The Balaban J connectivity index is 3.61. The smallest absolute Gasteiger partial charge is 0.225 e. The monoisotopic (exact) mass is 293 g/mol. The summed E-state index contributed by atoms with van der Waals surface area (Å²) in [6, 6.07) is 0.107. The number of rotatable bonds is 1. The first kappa shape index (κ1) is 14.8. The quantitative estimate of drug-likeness (QED) is 0.808. The second kappa shape index (κ2) is 4.12. The molecule has 1 rings (SSSR count). The molecule has 0 amide bonds. The van der Waals surface area contributed by atoms with Gasteiger partial charge in [0.2, 0.25) is 10.0 Å². The zero-order valence-electron chi connectivity index (χ0n) is 8.30. The molecule has 0 saturated heterocycles. The number of halogens is 6. The minimum absolute atomic E-state index is 0.182. The van der Waals surface area contributed by atoms with E-state index in [-0.39, 0.29) is 18.2 Å². The number of benzene rings is 1. The Labute approximate surface area is 97.3 Å². The highest BCUT2D eigenvalue weighted by Crippen LogP contribution is 2.38. The van der Waals surface area contributed by atoms with Crippen molar-refractivity contribution >= 4 is 10.0 Å². The molecular formula is C8H5F6NO2S. The fourth-order valence-electron chi connectivity index (χ4n) is 1.18. The zero-order chi connectivity index (χ0) is 14.4. The van der Waals surface area contributed by atoms with E-state index >= 15 is 0 Å². The number of sulfonamides is 1. The van der Waals surface area contributed by atoms with Crippen LogP contribution in [0.4, 0.5) is 26.3 Å². The molecule has 1 aromatic rings. The Kier molecular flexibility index (Phi) is 3.38. The minimum Gasteiger partial charge on any atom is -0.225 e. The predicted octanol–water partition coefficient (Wildman–Crippen LogP) is 2.37. The van der Waals surface area contributed by atoms with Gasteiger partial charge in [-0.05, 0) is 18.2 Å². The molecule has 0 aliphatic rings. The van der Waals surface area contributed by atoms with Gasteiger partial charge >= 0.3 is 12.4 Å². The van der Waals surface area contributed by atoms with E-state index in [1.807, 2.05) is 0 Å². The van der Waals surface area contributed by atoms with Gasteiger partial charge in [0.1, 0.15) is 0 Å². The number of hydrogen-bond donors (Lipinski definition) is 1. The van der Waals surface area contributed by atoms with Crippen molar-refractivity contribution in [2.45, 2.75) is 17.2 Å². The van der Waals surface area contributed by atoms with Crippen molar-refractivity contribution in [1.29, 1.82) is 0 Å². The molecule has 0 spiro atoms. The van der Waals surface area contributed by atoms with E-state index in [9.17, 15) is 34.8 Å². The van der Waals surface area contributed by atoms with Crippen molar-refractivity contribution in [3.05, 3.63) is 29.3 Å². The maximum Gasteiger partial charge on any atom is 0.417 e. The molecule has 0 heterocycles. The molecule has 10 heteroatoms. The molecule has 0 aromatic heterocycles. The van der Waals surface area contributed by atoms with Crippen LogP contribution < -0.4 is 5.14 Å². The van der Waals surface area contributed by atoms with Crippen LogP contribution in [0, 0.1) is 0 Å². The van der Waals surface area contributed by atoms with Gasteiger partial charge in [0.15, 0.2) is 0 Å². The number of nitrogens with two attached hydrogens (primary N) is 1. The number of alkyl halides is 6. The molecule has 0 saturated carbocycles. The molecule has 0 aliphatic carbocycles. The van der Waals surface area contributed by atoms with E-state index in [1.54, 1.807) is 0 Å². The van der Waals surface area contributed by atoms with Gasteiger partial charge in [-0.15, -0.1) is 0 Å². The van der Waals surface area contributed by atoms with E-state index in [4.69, 9.17) is 0 Å². The van der Waals surface area contributed by atoms with Crippen molar-refractivity contribution in [3.8, 4) is 0 Å². The van der Waals surface area contributed by atoms with E-state index in [0.29, 0.717) is 0 Å². The normalized spacial score (nSPS) is 13.7. The maximum absolute atomic E-state index is 12.5. The first-order valence-electron chi connectivity index (χ1n) is 4.15. The van der Waals surface area contributed by atoms with Gasteiger partial charge in [-0.3, -0.25) is 0 Å². The molecule has 1 aromatic carbocycles. The largest absolute Gasteiger partial charge is 0.417 e. The summed E-state index contributed by atoms with van der Waals surface area (Å²) in [6.45, 7) is 0. The maximum atomic E-state index is 12.5. The van der Waals surface area contributed by atoms with Crippen LogP contribution in [0.5, 0.6) is 0 Å². The topological polar surface area (TPSA) is 60.2 Å². The molecule has 0 atom stereocenters. The second-order valence-electron chi connectivity index (χ2n) is 3.25. The molecule has 0 fully saturated rings. The first-order chi connectivity index (χ1) is 7.83. The van der Waals surface area contributed by atoms with Gasteiger partial charge in [0.25, 0.3) is 0 Å². The lowest BCUT2D eigenvalue weighted by Crippen LogP contribution is -2.20. The minimum atomic E-state index is -5.26. The fraction of sp³-hybridized carbons (Fsp3) is 0.250. The number of hydrogen-bond acceptors (Lipinski definition) is 2. The third-order valence-corrected chi connectivity index (χ3v) is 2.89. The molecule has 102 valence electrons. The van der Waals surface area contributed by atoms with Crippen LogP contribution in [-0.4, -0.2) is 8.42 Å². The Morgan fingerprint density at radius 2 is 1.44 bits per heavy atom. The van der Waals surface area contributed by atoms with Gasteiger partial charge in [-0.1, -0.05) is 0 Å². The fourth-order valence-corrected chi connectivity index (χ4v) is 1.91. The lowest BCUT2D eigenvalue weighted by Gasteiger charge is -2.14. The van der Waals surface area contributed by atoms with Crippen molar-refractivity contribution in [1.82, 2.24) is 0 Å². The van der Waals surface area contributed by atoms with Crippen molar-refractivity contribution in [2.75, 3.05) is 0 Å². The van der Waals surface area contributed by atoms with Gasteiger partial charge in [0.05, 0.1) is 16.0 Å². The molecule has 0 aliphatic heterocycles. The molecule has 2 N–H and O–H groups in total. The van der Waals surface area contributed by atoms with E-state index in [1.165, 1.54) is 0 Å². The summed E-state index contributed by atoms with van der Waals surface area (Å²) in [5.74, 6) is 0. The van der Waals surface area contributed by atoms with Crippen LogP contribution in [-0.2, 0) is 22.4 Å². The summed E-state index contributed by atoms with van der Waals surface area (Å²) < 4.78 is 95.8. The van der Waals surface area contributed by atoms with Gasteiger partial charge in [-0.25, -0.2) is 13.6 Å². The third kappa shape index (κ3) is 3.13. The highest BCUT2D eigenvalue weighted by atomic mass is 32.2. The van der Waals surface area contributed by atoms with Crippen molar-refractivity contribution in [2.24, 2.45) is 5.14 Å². The Hall–Kier alpha value is -1.29. The summed E-state index contributed by atoms with van der Waals surface area (Å²) in [6.07, 6.45) is -10.3. The highest BCUT2D eigenvalue weighted by Gasteiger charge is 2.40. The third-order valence-electron chi connectivity index (χ3n) is 1.92. The van der Waals surface area contributed by atoms with Crippen LogP contribution in [0.25, 0.3) is 0 Å². The lowest BCUT2D eigenvalue weighted by atomic mass is 10.1. The van der Waals surface area contributed by atoms with Crippen LogP contribution in [0.1, 0.15) is 11.1 Å². The lowest BCUT2D eigenvalue weighted by molar-refractivity contribution is -0.144.